The number of carbonyl (C=O) groups is 2. The van der Waals surface area contributed by atoms with Crippen molar-refractivity contribution in [3.63, 3.8) is 0 Å². The number of sulfonamides is 1. The van der Waals surface area contributed by atoms with Crippen LogP contribution in [0.3, 0.4) is 0 Å². The molecule has 0 spiro atoms. The van der Waals surface area contributed by atoms with Crippen molar-refractivity contribution in [2.75, 3.05) is 17.4 Å². The molecule has 0 aromatic heterocycles. The Balaban J connectivity index is 2.11. The zero-order valence-electron chi connectivity index (χ0n) is 22.5. The Morgan fingerprint density at radius 3 is 2.20 bits per heavy atom. The van der Waals surface area contributed by atoms with Crippen molar-refractivity contribution >= 4 is 27.5 Å². The van der Waals surface area contributed by atoms with Gasteiger partial charge in [-0.05, 0) is 56.2 Å². The molecular weight excluding hydrogens is 543 g/mol. The lowest BCUT2D eigenvalue weighted by atomic mass is 10.1. The average Bonchev–Trinajstić information content (AvgIpc) is 2.91. The van der Waals surface area contributed by atoms with E-state index in [-0.39, 0.29) is 23.5 Å². The third-order valence-electron chi connectivity index (χ3n) is 6.24. The zero-order valence-corrected chi connectivity index (χ0v) is 23.3. The fraction of sp³-hybridized carbons (Fsp3) is 0.310. The van der Waals surface area contributed by atoms with Crippen molar-refractivity contribution in [2.24, 2.45) is 0 Å². The maximum Gasteiger partial charge on any atom is 0.416 e. The molecule has 7 nitrogen and oxygen atoms in total. The van der Waals surface area contributed by atoms with E-state index >= 15 is 0 Å². The lowest BCUT2D eigenvalue weighted by Gasteiger charge is -2.33. The van der Waals surface area contributed by atoms with Crippen molar-refractivity contribution < 1.29 is 31.2 Å². The number of rotatable bonds is 11. The number of anilines is 1. The van der Waals surface area contributed by atoms with E-state index in [1.165, 1.54) is 35.2 Å². The quantitative estimate of drug-likeness (QED) is 0.343. The van der Waals surface area contributed by atoms with E-state index < -0.39 is 46.2 Å². The van der Waals surface area contributed by atoms with Gasteiger partial charge in [-0.1, -0.05) is 61.0 Å². The number of likely N-dealkylation sites (N-methyl/N-ethyl adjacent to an activating group) is 1. The topological polar surface area (TPSA) is 86.8 Å². The number of nitrogens with one attached hydrogen (secondary N) is 1. The van der Waals surface area contributed by atoms with Crippen LogP contribution in [0.5, 0.6) is 0 Å². The molecule has 0 saturated carbocycles. The standard InChI is InChI=1S/C29H32F3N3O4S/c1-4-26(28(37)33-5-2)34(19-22-12-9-11-21(3)17-22)27(36)20-35(40(38,39)25-15-7-6-8-16-25)24-14-10-13-23(18-24)29(30,31)32/h6-18,26H,4-5,19-20H2,1-3H3,(H,33,37)/t26-/m0/s1. The lowest BCUT2D eigenvalue weighted by molar-refractivity contribution is -0.140. The first kappa shape index (κ1) is 30.7. The van der Waals surface area contributed by atoms with Crippen LogP contribution in [0, 0.1) is 6.92 Å². The highest BCUT2D eigenvalue weighted by Gasteiger charge is 2.35. The van der Waals surface area contributed by atoms with Crippen LogP contribution in [-0.2, 0) is 32.3 Å². The van der Waals surface area contributed by atoms with Crippen LogP contribution in [0.15, 0.2) is 83.8 Å². The van der Waals surface area contributed by atoms with Gasteiger partial charge in [0.15, 0.2) is 0 Å². The lowest BCUT2D eigenvalue weighted by Crippen LogP contribution is -2.52. The number of nitrogens with zero attached hydrogens (tertiary/aromatic N) is 2. The number of aryl methyl sites for hydroxylation is 1. The molecule has 3 aromatic rings. The molecule has 0 aliphatic rings. The van der Waals surface area contributed by atoms with Gasteiger partial charge < -0.3 is 10.2 Å². The molecule has 0 saturated heterocycles. The summed E-state index contributed by atoms with van der Waals surface area (Å²) in [5.41, 5.74) is 0.255. The summed E-state index contributed by atoms with van der Waals surface area (Å²) in [6, 6.07) is 17.3. The number of alkyl halides is 3. The van der Waals surface area contributed by atoms with Crippen LogP contribution in [0.2, 0.25) is 0 Å². The summed E-state index contributed by atoms with van der Waals surface area (Å²) in [4.78, 5) is 27.9. The number of hydrogen-bond donors (Lipinski definition) is 1. The van der Waals surface area contributed by atoms with Gasteiger partial charge in [-0.2, -0.15) is 13.2 Å². The zero-order chi connectivity index (χ0) is 29.5. The van der Waals surface area contributed by atoms with E-state index in [9.17, 15) is 31.2 Å². The SMILES string of the molecule is CCNC(=O)[C@H](CC)N(Cc1cccc(C)c1)C(=O)CN(c1cccc(C(F)(F)F)c1)S(=O)(=O)c1ccccc1. The summed E-state index contributed by atoms with van der Waals surface area (Å²) in [6.07, 6.45) is -4.50. The minimum atomic E-state index is -4.73. The van der Waals surface area contributed by atoms with E-state index in [0.29, 0.717) is 22.5 Å². The van der Waals surface area contributed by atoms with Gasteiger partial charge in [-0.15, -0.1) is 0 Å². The smallest absolute Gasteiger partial charge is 0.355 e. The first-order chi connectivity index (χ1) is 18.9. The summed E-state index contributed by atoms with van der Waals surface area (Å²) in [5.74, 6) is -1.15. The van der Waals surface area contributed by atoms with Crippen LogP contribution in [0.4, 0.5) is 18.9 Å². The molecule has 1 N–H and O–H groups in total. The van der Waals surface area contributed by atoms with Crippen molar-refractivity contribution in [1.82, 2.24) is 10.2 Å². The number of amides is 2. The molecule has 0 unspecified atom stereocenters. The van der Waals surface area contributed by atoms with Gasteiger partial charge in [0, 0.05) is 13.1 Å². The Morgan fingerprint density at radius 1 is 0.925 bits per heavy atom. The van der Waals surface area contributed by atoms with Gasteiger partial charge in [0.2, 0.25) is 11.8 Å². The summed E-state index contributed by atoms with van der Waals surface area (Å²) in [5, 5.41) is 2.70. The molecule has 0 bridgehead atoms. The third-order valence-corrected chi connectivity index (χ3v) is 8.03. The Hall–Kier alpha value is -3.86. The van der Waals surface area contributed by atoms with Crippen LogP contribution in [0.1, 0.15) is 37.0 Å². The summed E-state index contributed by atoms with van der Waals surface area (Å²) < 4.78 is 68.7. The molecule has 3 rings (SSSR count). The first-order valence-corrected chi connectivity index (χ1v) is 14.2. The number of benzene rings is 3. The molecule has 214 valence electrons. The van der Waals surface area contributed by atoms with Crippen molar-refractivity contribution in [2.45, 2.75) is 50.9 Å². The van der Waals surface area contributed by atoms with Crippen LogP contribution < -0.4 is 9.62 Å². The molecule has 2 amide bonds. The average molecular weight is 576 g/mol. The summed E-state index contributed by atoms with van der Waals surface area (Å²) in [7, 11) is -4.47. The molecule has 0 fully saturated rings. The van der Waals surface area contributed by atoms with Gasteiger partial charge in [0.05, 0.1) is 16.1 Å². The maximum absolute atomic E-state index is 13.9. The monoisotopic (exact) mass is 575 g/mol. The van der Waals surface area contributed by atoms with E-state index in [4.69, 9.17) is 0 Å². The second kappa shape index (κ2) is 13.0. The van der Waals surface area contributed by atoms with E-state index in [1.807, 2.05) is 19.1 Å². The van der Waals surface area contributed by atoms with Gasteiger partial charge >= 0.3 is 6.18 Å². The second-order valence-electron chi connectivity index (χ2n) is 9.20. The molecule has 0 aliphatic carbocycles. The number of halogens is 3. The summed E-state index contributed by atoms with van der Waals surface area (Å²) in [6.45, 7) is 4.83. The van der Waals surface area contributed by atoms with Gasteiger partial charge in [-0.25, -0.2) is 8.42 Å². The minimum absolute atomic E-state index is 0.00201. The van der Waals surface area contributed by atoms with E-state index in [0.717, 1.165) is 17.7 Å². The molecule has 11 heteroatoms. The molecule has 3 aromatic carbocycles. The second-order valence-corrected chi connectivity index (χ2v) is 11.1. The number of carbonyl (C=O) groups excluding carboxylic acids is 2. The van der Waals surface area contributed by atoms with Crippen LogP contribution in [-0.4, -0.2) is 44.3 Å². The Labute approximate surface area is 232 Å². The predicted octanol–water partition coefficient (Wildman–Crippen LogP) is 5.15. The predicted molar refractivity (Wildman–Crippen MR) is 147 cm³/mol. The fourth-order valence-electron chi connectivity index (χ4n) is 4.30. The Morgan fingerprint density at radius 2 is 1.60 bits per heavy atom. The maximum atomic E-state index is 13.9. The fourth-order valence-corrected chi connectivity index (χ4v) is 5.73. The van der Waals surface area contributed by atoms with Crippen LogP contribution >= 0.6 is 0 Å². The van der Waals surface area contributed by atoms with Crippen molar-refractivity contribution in [1.29, 1.82) is 0 Å². The van der Waals surface area contributed by atoms with E-state index in [2.05, 4.69) is 5.32 Å². The molecule has 0 radical (unpaired) electrons. The molecule has 40 heavy (non-hydrogen) atoms. The summed E-state index contributed by atoms with van der Waals surface area (Å²) >= 11 is 0. The number of hydrogen-bond acceptors (Lipinski definition) is 4. The van der Waals surface area contributed by atoms with Gasteiger partial charge in [0.1, 0.15) is 12.6 Å². The highest BCUT2D eigenvalue weighted by atomic mass is 32.2. The first-order valence-electron chi connectivity index (χ1n) is 12.8. The normalized spacial score (nSPS) is 12.4. The largest absolute Gasteiger partial charge is 0.416 e. The van der Waals surface area contributed by atoms with Crippen molar-refractivity contribution in [3.05, 3.63) is 95.6 Å². The highest BCUT2D eigenvalue weighted by molar-refractivity contribution is 7.92. The Kier molecular flexibility index (Phi) is 9.97. The molecule has 1 atom stereocenters. The van der Waals surface area contributed by atoms with E-state index in [1.54, 1.807) is 32.0 Å². The molecule has 0 aliphatic heterocycles. The van der Waals surface area contributed by atoms with Gasteiger partial charge in [0.25, 0.3) is 10.0 Å². The van der Waals surface area contributed by atoms with Crippen molar-refractivity contribution in [3.8, 4) is 0 Å². The van der Waals surface area contributed by atoms with Crippen LogP contribution in [0.25, 0.3) is 0 Å². The molecular formula is C29H32F3N3O4S. The minimum Gasteiger partial charge on any atom is -0.355 e. The molecule has 0 heterocycles. The third kappa shape index (κ3) is 7.41. The van der Waals surface area contributed by atoms with Gasteiger partial charge in [-0.3, -0.25) is 13.9 Å². The highest BCUT2D eigenvalue weighted by Crippen LogP contribution is 2.33. The Bertz CT molecular complexity index is 1430.